The van der Waals surface area contributed by atoms with Gasteiger partial charge in [-0.05, 0) is 19.1 Å². The molecule has 0 aromatic carbocycles. The molecule has 0 bridgehead atoms. The van der Waals surface area contributed by atoms with E-state index < -0.39 is 21.0 Å². The number of amides is 1. The molecule has 0 saturated carbocycles. The summed E-state index contributed by atoms with van der Waals surface area (Å²) in [4.78, 5) is 11.7. The van der Waals surface area contributed by atoms with Crippen LogP contribution in [-0.4, -0.2) is 25.8 Å². The number of rotatable bonds is 5. The minimum atomic E-state index is -3.20. The van der Waals surface area contributed by atoms with Crippen molar-refractivity contribution in [2.75, 3.05) is 6.26 Å². The predicted octanol–water partition coefficient (Wildman–Crippen LogP) is 0.965. The molecule has 0 radical (unpaired) electrons. The summed E-state index contributed by atoms with van der Waals surface area (Å²) in [6.45, 7) is 3.41. The van der Waals surface area contributed by atoms with Gasteiger partial charge < -0.3 is 9.73 Å². The molecule has 1 heterocycles. The molecule has 1 aromatic heterocycles. The molecule has 0 aliphatic rings. The van der Waals surface area contributed by atoms with E-state index in [1.807, 2.05) is 0 Å². The summed E-state index contributed by atoms with van der Waals surface area (Å²) >= 11 is 0. The fourth-order valence-electron chi connectivity index (χ4n) is 1.33. The molecule has 2 unspecified atom stereocenters. The molecule has 96 valence electrons. The van der Waals surface area contributed by atoms with E-state index in [0.717, 1.165) is 6.26 Å². The lowest BCUT2D eigenvalue weighted by Crippen LogP contribution is -2.37. The Hall–Kier alpha value is -1.30. The Morgan fingerprint density at radius 1 is 1.47 bits per heavy atom. The Morgan fingerprint density at radius 2 is 2.12 bits per heavy atom. The zero-order valence-corrected chi connectivity index (χ0v) is 11.0. The molecular formula is C11H17NO4S. The van der Waals surface area contributed by atoms with Crippen molar-refractivity contribution >= 4 is 15.7 Å². The highest BCUT2D eigenvalue weighted by Crippen LogP contribution is 2.11. The molecule has 0 fully saturated rings. The third-order valence-electron chi connectivity index (χ3n) is 2.81. The lowest BCUT2D eigenvalue weighted by Gasteiger charge is -2.17. The van der Waals surface area contributed by atoms with E-state index in [1.165, 1.54) is 13.2 Å². The van der Waals surface area contributed by atoms with Crippen LogP contribution in [0.4, 0.5) is 0 Å². The molecule has 1 rings (SSSR count). The monoisotopic (exact) mass is 259 g/mol. The van der Waals surface area contributed by atoms with E-state index in [-0.39, 0.29) is 12.5 Å². The lowest BCUT2D eigenvalue weighted by molar-refractivity contribution is -0.124. The van der Waals surface area contributed by atoms with Crippen molar-refractivity contribution in [2.45, 2.75) is 25.6 Å². The van der Waals surface area contributed by atoms with Crippen molar-refractivity contribution in [1.82, 2.24) is 5.32 Å². The van der Waals surface area contributed by atoms with Crippen molar-refractivity contribution in [1.29, 1.82) is 0 Å². The minimum absolute atomic E-state index is 0.270. The van der Waals surface area contributed by atoms with Crippen LogP contribution in [0.25, 0.3) is 0 Å². The Morgan fingerprint density at radius 3 is 2.59 bits per heavy atom. The van der Waals surface area contributed by atoms with E-state index in [4.69, 9.17) is 4.42 Å². The SMILES string of the molecule is CC(C(=O)NCc1ccco1)C(C)S(C)(=O)=O. The maximum atomic E-state index is 11.7. The van der Waals surface area contributed by atoms with E-state index in [2.05, 4.69) is 5.32 Å². The van der Waals surface area contributed by atoms with Gasteiger partial charge in [-0.15, -0.1) is 0 Å². The number of sulfone groups is 1. The number of hydrogen-bond donors (Lipinski definition) is 1. The minimum Gasteiger partial charge on any atom is -0.467 e. The van der Waals surface area contributed by atoms with Gasteiger partial charge >= 0.3 is 0 Å². The van der Waals surface area contributed by atoms with Gasteiger partial charge in [-0.2, -0.15) is 0 Å². The number of carbonyl (C=O) groups excluding carboxylic acids is 1. The number of furan rings is 1. The fourth-order valence-corrected chi connectivity index (χ4v) is 2.20. The molecule has 1 N–H and O–H groups in total. The third kappa shape index (κ3) is 3.89. The normalized spacial score (nSPS) is 15.2. The number of hydrogen-bond acceptors (Lipinski definition) is 4. The summed E-state index contributed by atoms with van der Waals surface area (Å²) in [5, 5.41) is 1.95. The van der Waals surface area contributed by atoms with Crippen molar-refractivity contribution in [3.05, 3.63) is 24.2 Å². The Balaban J connectivity index is 2.53. The first-order chi connectivity index (χ1) is 7.82. The average Bonchev–Trinajstić information content (AvgIpc) is 2.75. The Labute approximate surface area is 101 Å². The molecule has 2 atom stereocenters. The fraction of sp³-hybridized carbons (Fsp3) is 0.545. The van der Waals surface area contributed by atoms with Crippen LogP contribution in [0, 0.1) is 5.92 Å². The summed E-state index contributed by atoms with van der Waals surface area (Å²) in [5.41, 5.74) is 0. The van der Waals surface area contributed by atoms with Gasteiger partial charge in [0.25, 0.3) is 0 Å². The van der Waals surface area contributed by atoms with Crippen LogP contribution < -0.4 is 5.32 Å². The van der Waals surface area contributed by atoms with E-state index in [0.29, 0.717) is 5.76 Å². The first kappa shape index (κ1) is 13.8. The van der Waals surface area contributed by atoms with Crippen molar-refractivity contribution < 1.29 is 17.6 Å². The highest BCUT2D eigenvalue weighted by molar-refractivity contribution is 7.91. The van der Waals surface area contributed by atoms with Gasteiger partial charge in [-0.3, -0.25) is 4.79 Å². The Bertz CT molecular complexity index is 464. The number of nitrogens with one attached hydrogen (secondary N) is 1. The highest BCUT2D eigenvalue weighted by Gasteiger charge is 2.27. The third-order valence-corrected chi connectivity index (χ3v) is 4.57. The van der Waals surface area contributed by atoms with Crippen molar-refractivity contribution in [3.8, 4) is 0 Å². The summed E-state index contributed by atoms with van der Waals surface area (Å²) in [6, 6.07) is 3.47. The van der Waals surface area contributed by atoms with Crippen LogP contribution in [-0.2, 0) is 21.2 Å². The molecule has 1 amide bonds. The molecule has 17 heavy (non-hydrogen) atoms. The molecule has 0 saturated heterocycles. The maximum absolute atomic E-state index is 11.7. The second-order valence-electron chi connectivity index (χ2n) is 4.12. The van der Waals surface area contributed by atoms with Gasteiger partial charge in [0.2, 0.25) is 5.91 Å². The van der Waals surface area contributed by atoms with Crippen molar-refractivity contribution in [2.24, 2.45) is 5.92 Å². The van der Waals surface area contributed by atoms with Crippen LogP contribution in [0.5, 0.6) is 0 Å². The molecule has 0 spiro atoms. The van der Waals surface area contributed by atoms with Gasteiger partial charge in [-0.1, -0.05) is 6.92 Å². The van der Waals surface area contributed by atoms with Gasteiger partial charge in [0, 0.05) is 6.26 Å². The zero-order chi connectivity index (χ0) is 13.1. The van der Waals surface area contributed by atoms with Crippen LogP contribution in [0.15, 0.2) is 22.8 Å². The molecular weight excluding hydrogens is 242 g/mol. The van der Waals surface area contributed by atoms with Gasteiger partial charge in [0.05, 0.1) is 24.0 Å². The summed E-state index contributed by atoms with van der Waals surface area (Å²) in [6.07, 6.45) is 2.65. The topological polar surface area (TPSA) is 76.4 Å². The number of carbonyl (C=O) groups is 1. The molecule has 6 heteroatoms. The van der Waals surface area contributed by atoms with Crippen LogP contribution >= 0.6 is 0 Å². The predicted molar refractivity (Wildman–Crippen MR) is 64.0 cm³/mol. The second kappa shape index (κ2) is 5.35. The van der Waals surface area contributed by atoms with E-state index in [1.54, 1.807) is 19.1 Å². The maximum Gasteiger partial charge on any atom is 0.224 e. The summed E-state index contributed by atoms with van der Waals surface area (Å²) in [5.74, 6) is -0.239. The van der Waals surface area contributed by atoms with E-state index in [9.17, 15) is 13.2 Å². The first-order valence-electron chi connectivity index (χ1n) is 5.31. The average molecular weight is 259 g/mol. The zero-order valence-electron chi connectivity index (χ0n) is 10.1. The Kier molecular flexibility index (Phi) is 4.34. The smallest absolute Gasteiger partial charge is 0.224 e. The molecule has 0 aliphatic carbocycles. The summed E-state index contributed by atoms with van der Waals surface area (Å²) < 4.78 is 27.7. The molecule has 0 aliphatic heterocycles. The van der Waals surface area contributed by atoms with Crippen LogP contribution in [0.3, 0.4) is 0 Å². The highest BCUT2D eigenvalue weighted by atomic mass is 32.2. The standard InChI is InChI=1S/C11H17NO4S/c1-8(9(2)17(3,14)15)11(13)12-7-10-5-4-6-16-10/h4-6,8-9H,7H2,1-3H3,(H,12,13). The summed E-state index contributed by atoms with van der Waals surface area (Å²) in [7, 11) is -3.20. The van der Waals surface area contributed by atoms with Gasteiger partial charge in [0.15, 0.2) is 9.84 Å². The van der Waals surface area contributed by atoms with E-state index >= 15 is 0 Å². The van der Waals surface area contributed by atoms with Crippen molar-refractivity contribution in [3.63, 3.8) is 0 Å². The second-order valence-corrected chi connectivity index (χ2v) is 6.52. The largest absolute Gasteiger partial charge is 0.467 e. The van der Waals surface area contributed by atoms with Gasteiger partial charge in [0.1, 0.15) is 5.76 Å². The molecule has 5 nitrogen and oxygen atoms in total. The lowest BCUT2D eigenvalue weighted by atomic mass is 10.1. The first-order valence-corrected chi connectivity index (χ1v) is 7.26. The van der Waals surface area contributed by atoms with Crippen LogP contribution in [0.2, 0.25) is 0 Å². The quantitative estimate of drug-likeness (QED) is 0.854. The molecule has 1 aromatic rings. The van der Waals surface area contributed by atoms with Gasteiger partial charge in [-0.25, -0.2) is 8.42 Å². The van der Waals surface area contributed by atoms with Crippen LogP contribution in [0.1, 0.15) is 19.6 Å².